The lowest BCUT2D eigenvalue weighted by Gasteiger charge is -2.13. The van der Waals surface area contributed by atoms with Gasteiger partial charge in [-0.2, -0.15) is 9.49 Å². The molecule has 0 spiro atoms. The highest BCUT2D eigenvalue weighted by Gasteiger charge is 2.21. The van der Waals surface area contributed by atoms with Gasteiger partial charge in [0.25, 0.3) is 5.91 Å². The Hall–Kier alpha value is -3.48. The molecule has 3 rings (SSSR count). The summed E-state index contributed by atoms with van der Waals surface area (Å²) >= 11 is 0. The van der Waals surface area contributed by atoms with Crippen molar-refractivity contribution in [2.24, 2.45) is 12.2 Å². The van der Waals surface area contributed by atoms with Crippen LogP contribution in [-0.2, 0) is 11.9 Å². The molecule has 1 heterocycles. The Morgan fingerprint density at radius 3 is 2.54 bits per heavy atom. The van der Waals surface area contributed by atoms with Crippen molar-refractivity contribution >= 4 is 17.8 Å². The van der Waals surface area contributed by atoms with Gasteiger partial charge >= 0.3 is 0 Å². The van der Waals surface area contributed by atoms with Crippen LogP contribution < -0.4 is 5.32 Å². The number of oxime groups is 1. The first kappa shape index (κ1) is 19.3. The van der Waals surface area contributed by atoms with Crippen molar-refractivity contribution in [3.63, 3.8) is 0 Å². The molecule has 1 amide bonds. The molecule has 28 heavy (non-hydrogen) atoms. The normalized spacial score (nSPS) is 11.0. The van der Waals surface area contributed by atoms with Gasteiger partial charge in [0, 0.05) is 18.3 Å². The lowest BCUT2D eigenvalue weighted by Crippen LogP contribution is -2.15. The highest BCUT2D eigenvalue weighted by molar-refractivity contribution is 6.07. The molecule has 0 aliphatic carbocycles. The summed E-state index contributed by atoms with van der Waals surface area (Å²) in [6.45, 7) is 3.54. The van der Waals surface area contributed by atoms with Gasteiger partial charge in [0.1, 0.15) is 12.7 Å². The molecule has 0 saturated heterocycles. The van der Waals surface area contributed by atoms with Crippen LogP contribution in [0.5, 0.6) is 0 Å². The first-order valence-corrected chi connectivity index (χ1v) is 8.68. The predicted octanol–water partition coefficient (Wildman–Crippen LogP) is 4.08. The lowest BCUT2D eigenvalue weighted by atomic mass is 10.0. The molecule has 0 saturated carbocycles. The van der Waals surface area contributed by atoms with E-state index in [0.29, 0.717) is 11.4 Å². The number of nitrogens with one attached hydrogen (secondary N) is 1. The van der Waals surface area contributed by atoms with Crippen molar-refractivity contribution in [2.45, 2.75) is 13.8 Å². The number of benzene rings is 2. The third-order valence-corrected chi connectivity index (χ3v) is 4.33. The number of carbonyl (C=O) groups is 1. The summed E-state index contributed by atoms with van der Waals surface area (Å²) in [7, 11) is 2.95. The van der Waals surface area contributed by atoms with Gasteiger partial charge in [0.15, 0.2) is 0 Å². The van der Waals surface area contributed by atoms with Crippen LogP contribution in [0, 0.1) is 19.8 Å². The van der Waals surface area contributed by atoms with Gasteiger partial charge in [0.2, 0.25) is 5.95 Å². The Kier molecular flexibility index (Phi) is 5.54. The lowest BCUT2D eigenvalue weighted by molar-refractivity contribution is 0.102. The summed E-state index contributed by atoms with van der Waals surface area (Å²) in [5, 5.41) is 10.5. The summed E-state index contributed by atoms with van der Waals surface area (Å²) in [6.07, 6.45) is 1.61. The second kappa shape index (κ2) is 8.04. The van der Waals surface area contributed by atoms with Crippen molar-refractivity contribution in [3.05, 3.63) is 70.8 Å². The van der Waals surface area contributed by atoms with Crippen LogP contribution >= 0.6 is 0 Å². The Balaban J connectivity index is 1.95. The first-order valence-electron chi connectivity index (χ1n) is 8.68. The second-order valence-corrected chi connectivity index (χ2v) is 6.42. The Morgan fingerprint density at radius 1 is 1.21 bits per heavy atom. The minimum absolute atomic E-state index is 0.0546. The van der Waals surface area contributed by atoms with Crippen molar-refractivity contribution < 1.29 is 14.0 Å². The van der Waals surface area contributed by atoms with E-state index in [0.717, 1.165) is 26.9 Å². The quantitative estimate of drug-likeness (QED) is 0.536. The second-order valence-electron chi connectivity index (χ2n) is 6.42. The third-order valence-electron chi connectivity index (χ3n) is 4.33. The van der Waals surface area contributed by atoms with E-state index in [1.54, 1.807) is 13.1 Å². The van der Waals surface area contributed by atoms with Crippen LogP contribution in [0.1, 0.15) is 27.2 Å². The number of aromatic nitrogens is 2. The highest BCUT2D eigenvalue weighted by atomic mass is 19.1. The number of halogens is 1. The molecule has 2 aromatic carbocycles. The summed E-state index contributed by atoms with van der Waals surface area (Å²) in [4.78, 5) is 17.4. The number of anilines is 1. The Morgan fingerprint density at radius 2 is 1.93 bits per heavy atom. The van der Waals surface area contributed by atoms with Gasteiger partial charge in [-0.15, -0.1) is 0 Å². The van der Waals surface area contributed by atoms with E-state index in [2.05, 4.69) is 20.4 Å². The third kappa shape index (κ3) is 3.93. The molecule has 1 aromatic heterocycles. The fourth-order valence-electron chi connectivity index (χ4n) is 2.95. The fourth-order valence-corrected chi connectivity index (χ4v) is 2.95. The molecule has 144 valence electrons. The minimum atomic E-state index is -0.661. The maximum absolute atomic E-state index is 14.2. The number of nitrogens with zero attached hydrogens (tertiary/aromatic N) is 3. The van der Waals surface area contributed by atoms with Gasteiger partial charge in [-0.25, -0.2) is 4.68 Å². The van der Waals surface area contributed by atoms with Crippen molar-refractivity contribution in [1.29, 1.82) is 0 Å². The zero-order valence-electron chi connectivity index (χ0n) is 16.2. The van der Waals surface area contributed by atoms with Crippen LogP contribution in [-0.4, -0.2) is 29.0 Å². The topological polar surface area (TPSA) is 68.5 Å². The van der Waals surface area contributed by atoms with E-state index in [1.165, 1.54) is 14.2 Å². The van der Waals surface area contributed by atoms with Gasteiger partial charge in [-0.05, 0) is 36.6 Å². The highest BCUT2D eigenvalue weighted by Crippen LogP contribution is 2.30. The summed E-state index contributed by atoms with van der Waals surface area (Å²) in [5.41, 5.74) is 4.49. The molecular formula is C21H21FN4O2. The van der Waals surface area contributed by atoms with Crippen molar-refractivity contribution in [2.75, 3.05) is 12.4 Å². The maximum atomic E-state index is 14.2. The fraction of sp³-hybridized carbons (Fsp3) is 0.190. The molecule has 1 N–H and O–H groups in total. The van der Waals surface area contributed by atoms with Gasteiger partial charge < -0.3 is 10.2 Å². The predicted molar refractivity (Wildman–Crippen MR) is 107 cm³/mol. The van der Waals surface area contributed by atoms with Crippen molar-refractivity contribution in [1.82, 2.24) is 9.78 Å². The number of aryl methyl sites for hydroxylation is 3. The minimum Gasteiger partial charge on any atom is -0.399 e. The van der Waals surface area contributed by atoms with Crippen LogP contribution in [0.4, 0.5) is 10.1 Å². The number of carbonyl (C=O) groups excluding carboxylic acids is 1. The number of hydrogen-bond acceptors (Lipinski definition) is 4. The standard InChI is InChI=1S/C21H21FN4O2/c1-13-5-10-17(16-8-6-15(7-9-16)12-23-28-4)18(11-13)24-21(27)19-14(2)25-26(3)20(19)22/h5-12H,1-4H3,(H,24,27). The Labute approximate surface area is 162 Å². The summed E-state index contributed by atoms with van der Waals surface area (Å²) < 4.78 is 15.3. The molecule has 0 aliphatic heterocycles. The molecule has 3 aromatic rings. The molecular weight excluding hydrogens is 359 g/mol. The number of amides is 1. The molecule has 0 bridgehead atoms. The molecule has 0 fully saturated rings. The molecule has 0 atom stereocenters. The van der Waals surface area contributed by atoms with E-state index in [-0.39, 0.29) is 5.56 Å². The SMILES string of the molecule is CON=Cc1ccc(-c2ccc(C)cc2NC(=O)c2c(C)nn(C)c2F)cc1. The average Bonchev–Trinajstić information content (AvgIpc) is 2.92. The zero-order valence-corrected chi connectivity index (χ0v) is 16.2. The summed E-state index contributed by atoms with van der Waals surface area (Å²) in [5.74, 6) is -1.19. The van der Waals surface area contributed by atoms with Crippen molar-refractivity contribution in [3.8, 4) is 11.1 Å². The van der Waals surface area contributed by atoms with Gasteiger partial charge in [-0.3, -0.25) is 4.79 Å². The monoisotopic (exact) mass is 380 g/mol. The van der Waals surface area contributed by atoms with E-state index in [4.69, 9.17) is 0 Å². The van der Waals surface area contributed by atoms with E-state index < -0.39 is 11.9 Å². The van der Waals surface area contributed by atoms with E-state index >= 15 is 0 Å². The van der Waals surface area contributed by atoms with Crippen LogP contribution in [0.2, 0.25) is 0 Å². The summed E-state index contributed by atoms with van der Waals surface area (Å²) in [6, 6.07) is 13.4. The zero-order chi connectivity index (χ0) is 20.3. The average molecular weight is 380 g/mol. The van der Waals surface area contributed by atoms with Crippen LogP contribution in [0.25, 0.3) is 11.1 Å². The molecule has 7 heteroatoms. The van der Waals surface area contributed by atoms with E-state index in [9.17, 15) is 9.18 Å². The first-order chi connectivity index (χ1) is 13.4. The number of hydrogen-bond donors (Lipinski definition) is 1. The molecule has 0 unspecified atom stereocenters. The molecule has 0 radical (unpaired) electrons. The number of rotatable bonds is 5. The smallest absolute Gasteiger partial charge is 0.262 e. The molecule has 0 aliphatic rings. The van der Waals surface area contributed by atoms with E-state index in [1.807, 2.05) is 49.4 Å². The molecule has 6 nitrogen and oxygen atoms in total. The van der Waals surface area contributed by atoms with Gasteiger partial charge in [-0.1, -0.05) is 41.6 Å². The Bertz CT molecular complexity index is 1040. The van der Waals surface area contributed by atoms with Crippen LogP contribution in [0.3, 0.4) is 0 Å². The van der Waals surface area contributed by atoms with Gasteiger partial charge in [0.05, 0.1) is 11.9 Å². The largest absolute Gasteiger partial charge is 0.399 e. The van der Waals surface area contributed by atoms with Crippen LogP contribution in [0.15, 0.2) is 47.6 Å². The maximum Gasteiger partial charge on any atom is 0.262 e.